The first kappa shape index (κ1) is 49.5. The fraction of sp³-hybridized carbons (Fsp3) is 0.529. The predicted octanol–water partition coefficient (Wildman–Crippen LogP) is 15.5. The van der Waals surface area contributed by atoms with Crippen LogP contribution in [0.25, 0.3) is 0 Å². The molecule has 1 aromatic carbocycles. The molecular formula is C51H78N2OS. The second-order valence-electron chi connectivity index (χ2n) is 20.0. The third-order valence-corrected chi connectivity index (χ3v) is 11.2. The number of nitrogens with zero attached hydrogens (tertiary/aromatic N) is 2. The normalized spacial score (nSPS) is 11.8. The van der Waals surface area contributed by atoms with Gasteiger partial charge in [-0.1, -0.05) is 122 Å². The Morgan fingerprint density at radius 1 is 0.509 bits per heavy atom. The van der Waals surface area contributed by atoms with Crippen LogP contribution in [0.4, 0.5) is 0 Å². The number of benzene rings is 1. The summed E-state index contributed by atoms with van der Waals surface area (Å²) in [7, 11) is 0. The molecule has 3 nitrogen and oxygen atoms in total. The zero-order chi connectivity index (χ0) is 42.7. The van der Waals surface area contributed by atoms with E-state index < -0.39 is 0 Å². The van der Waals surface area contributed by atoms with Gasteiger partial charge in [-0.2, -0.15) is 0 Å². The summed E-state index contributed by atoms with van der Waals surface area (Å²) in [5.41, 5.74) is 14.9. The molecule has 0 aliphatic rings. The Hall–Kier alpha value is -3.50. The summed E-state index contributed by atoms with van der Waals surface area (Å²) < 4.78 is 5.20. The monoisotopic (exact) mass is 767 g/mol. The summed E-state index contributed by atoms with van der Waals surface area (Å²) in [6.45, 7) is 48.5. The molecular weight excluding hydrogens is 689 g/mol. The van der Waals surface area contributed by atoms with Gasteiger partial charge in [0.05, 0.1) is 6.26 Å². The second-order valence-corrected chi connectivity index (χ2v) is 21.0. The molecule has 0 saturated carbocycles. The maximum absolute atomic E-state index is 5.20. The smallest absolute Gasteiger partial charge is 0.109 e. The van der Waals surface area contributed by atoms with E-state index in [1.807, 2.05) is 54.9 Å². The molecule has 4 heterocycles. The van der Waals surface area contributed by atoms with E-state index in [1.165, 1.54) is 49.4 Å². The van der Waals surface area contributed by atoms with Crippen molar-refractivity contribution in [3.05, 3.63) is 139 Å². The van der Waals surface area contributed by atoms with Gasteiger partial charge in [0.15, 0.2) is 0 Å². The lowest BCUT2D eigenvalue weighted by molar-refractivity contribution is 0.409. The van der Waals surface area contributed by atoms with Crippen LogP contribution in [0.15, 0.2) is 77.0 Å². The van der Waals surface area contributed by atoms with Crippen LogP contribution in [0.1, 0.15) is 170 Å². The molecule has 55 heavy (non-hydrogen) atoms. The van der Waals surface area contributed by atoms with E-state index in [0.29, 0.717) is 5.41 Å². The van der Waals surface area contributed by atoms with Gasteiger partial charge in [-0.25, -0.2) is 0 Å². The lowest BCUT2D eigenvalue weighted by atomic mass is 9.77. The molecule has 0 amide bonds. The van der Waals surface area contributed by atoms with Crippen LogP contribution >= 0.6 is 11.3 Å². The van der Waals surface area contributed by atoms with Crippen molar-refractivity contribution >= 4 is 11.3 Å². The van der Waals surface area contributed by atoms with E-state index in [1.54, 1.807) is 6.26 Å². The highest BCUT2D eigenvalue weighted by molar-refractivity contribution is 7.10. The number of hydrogen-bond donors (Lipinski definition) is 0. The third kappa shape index (κ3) is 16.2. The van der Waals surface area contributed by atoms with Gasteiger partial charge in [-0.15, -0.1) is 11.3 Å². The number of pyridine rings is 2. The van der Waals surface area contributed by atoms with Crippen molar-refractivity contribution in [2.24, 2.45) is 0 Å². The topological polar surface area (TPSA) is 38.9 Å². The minimum Gasteiger partial charge on any atom is -0.469 e. The fourth-order valence-corrected chi connectivity index (χ4v) is 6.71. The van der Waals surface area contributed by atoms with Gasteiger partial charge >= 0.3 is 0 Å². The molecule has 304 valence electrons. The molecule has 0 atom stereocenters. The van der Waals surface area contributed by atoms with Gasteiger partial charge in [0.25, 0.3) is 0 Å². The van der Waals surface area contributed by atoms with Gasteiger partial charge in [0.2, 0.25) is 0 Å². The molecule has 0 N–H and O–H groups in total. The molecule has 0 aliphatic heterocycles. The first-order valence-corrected chi connectivity index (χ1v) is 20.8. The van der Waals surface area contributed by atoms with Gasteiger partial charge < -0.3 is 4.42 Å². The summed E-state index contributed by atoms with van der Waals surface area (Å²) in [5.74, 6) is 1.04. The van der Waals surface area contributed by atoms with Crippen LogP contribution in [-0.4, -0.2) is 9.97 Å². The summed E-state index contributed by atoms with van der Waals surface area (Å²) in [4.78, 5) is 10.1. The average molecular weight is 767 g/mol. The molecule has 0 bridgehead atoms. The van der Waals surface area contributed by atoms with Crippen molar-refractivity contribution in [2.75, 3.05) is 0 Å². The van der Waals surface area contributed by atoms with Crippen LogP contribution in [-0.2, 0) is 27.1 Å². The van der Waals surface area contributed by atoms with Crippen LogP contribution in [0.5, 0.6) is 0 Å². The van der Waals surface area contributed by atoms with Crippen molar-refractivity contribution in [1.29, 1.82) is 0 Å². The number of thiophene rings is 1. The van der Waals surface area contributed by atoms with Crippen LogP contribution < -0.4 is 0 Å². The highest BCUT2D eigenvalue weighted by Crippen LogP contribution is 2.34. The number of furan rings is 1. The Kier molecular flexibility index (Phi) is 18.1. The first-order valence-electron chi connectivity index (χ1n) is 19.9. The Morgan fingerprint density at radius 2 is 1.05 bits per heavy atom. The van der Waals surface area contributed by atoms with Crippen LogP contribution in [0, 0.1) is 48.5 Å². The Bertz CT molecular complexity index is 1770. The van der Waals surface area contributed by atoms with Crippen LogP contribution in [0.2, 0.25) is 0 Å². The van der Waals surface area contributed by atoms with Crippen molar-refractivity contribution in [2.45, 2.75) is 179 Å². The minimum atomic E-state index is 0.156. The SMILES string of the molecule is CC(C)(C)c1ccccn1.CC(C)(C)c1ccco1.CC(C)(C)c1cccs1.Cc1c(C)c(C)c(C(C)(C)C)c(C)c1C.Cc1cc(C(C)(C)C)cnc1C. The largest absolute Gasteiger partial charge is 0.469 e. The number of aryl methyl sites for hydroxylation is 2. The zero-order valence-electron chi connectivity index (χ0n) is 39.1. The molecule has 5 aromatic rings. The van der Waals surface area contributed by atoms with Crippen molar-refractivity contribution in [3.63, 3.8) is 0 Å². The van der Waals surface area contributed by atoms with E-state index in [2.05, 4.69) is 185 Å². The molecule has 0 saturated heterocycles. The van der Waals surface area contributed by atoms with E-state index in [0.717, 1.165) is 17.1 Å². The van der Waals surface area contributed by atoms with E-state index in [-0.39, 0.29) is 21.7 Å². The van der Waals surface area contributed by atoms with Crippen molar-refractivity contribution < 1.29 is 4.42 Å². The molecule has 4 heteroatoms. The van der Waals surface area contributed by atoms with Gasteiger partial charge in [0.1, 0.15) is 5.76 Å². The fourth-order valence-electron chi connectivity index (χ4n) is 5.90. The lowest BCUT2D eigenvalue weighted by Crippen LogP contribution is -2.17. The molecule has 0 spiro atoms. The van der Waals surface area contributed by atoms with Crippen molar-refractivity contribution in [3.8, 4) is 0 Å². The maximum atomic E-state index is 5.20. The third-order valence-electron chi connectivity index (χ3n) is 9.91. The molecule has 0 radical (unpaired) electrons. The van der Waals surface area contributed by atoms with Gasteiger partial charge in [-0.3, -0.25) is 9.97 Å². The maximum Gasteiger partial charge on any atom is 0.109 e. The second kappa shape index (κ2) is 20.1. The predicted molar refractivity (Wildman–Crippen MR) is 245 cm³/mol. The lowest BCUT2D eigenvalue weighted by Gasteiger charge is -2.28. The molecule has 5 rings (SSSR count). The highest BCUT2D eigenvalue weighted by Gasteiger charge is 2.22. The highest BCUT2D eigenvalue weighted by atomic mass is 32.1. The first-order chi connectivity index (χ1) is 24.9. The average Bonchev–Trinajstić information content (AvgIpc) is 3.80. The van der Waals surface area contributed by atoms with Crippen LogP contribution in [0.3, 0.4) is 0 Å². The van der Waals surface area contributed by atoms with Gasteiger partial charge in [0, 0.05) is 39.5 Å². The Balaban J connectivity index is 0.000000349. The Labute approximate surface area is 342 Å². The van der Waals surface area contributed by atoms with Gasteiger partial charge in [-0.05, 0) is 145 Å². The minimum absolute atomic E-state index is 0.156. The molecule has 0 unspecified atom stereocenters. The van der Waals surface area contributed by atoms with E-state index in [9.17, 15) is 0 Å². The summed E-state index contributed by atoms with van der Waals surface area (Å²) in [5, 5.41) is 2.13. The molecule has 0 aliphatic carbocycles. The summed E-state index contributed by atoms with van der Waals surface area (Å²) >= 11 is 1.83. The summed E-state index contributed by atoms with van der Waals surface area (Å²) in [6, 6.07) is 16.4. The Morgan fingerprint density at radius 3 is 1.35 bits per heavy atom. The summed E-state index contributed by atoms with van der Waals surface area (Å²) in [6.07, 6.45) is 5.52. The molecule has 4 aromatic heterocycles. The standard InChI is InChI=1S/C15H24.C11H17N.C9H13N.C8H12O.C8H12S/c1-9-10(2)12(4)14(15(6,7)8)13(5)11(9)3;1-8-6-10(11(3,4)5)7-12-9(8)2;1-9(2,3)8-6-4-5-7-10-8;2*1-8(2,3)7-5-4-6-9-7/h1-8H3;6-7H,1-5H3;4-7H,1-3H3;2*4-6H,1-3H3. The molecule has 0 fully saturated rings. The quantitative estimate of drug-likeness (QED) is 0.158. The van der Waals surface area contributed by atoms with Crippen molar-refractivity contribution in [1.82, 2.24) is 9.97 Å². The number of aromatic nitrogens is 2. The zero-order valence-corrected chi connectivity index (χ0v) is 40.0. The van der Waals surface area contributed by atoms with E-state index in [4.69, 9.17) is 4.42 Å². The van der Waals surface area contributed by atoms with E-state index >= 15 is 0 Å². The number of hydrogen-bond acceptors (Lipinski definition) is 4. The number of rotatable bonds is 0.